The third kappa shape index (κ3) is 2.01. The maximum atomic E-state index is 5.81. The van der Waals surface area contributed by atoms with Gasteiger partial charge in [0.15, 0.2) is 0 Å². The maximum absolute atomic E-state index is 5.81. The Labute approximate surface area is 125 Å². The number of rotatable bonds is 2. The normalized spacial score (nSPS) is 11.0. The molecule has 0 N–H and O–H groups in total. The van der Waals surface area contributed by atoms with Crippen molar-refractivity contribution in [2.45, 2.75) is 6.92 Å². The lowest BCUT2D eigenvalue weighted by molar-refractivity contribution is 0.584. The highest BCUT2D eigenvalue weighted by molar-refractivity contribution is 5.92. The predicted octanol–water partition coefficient (Wildman–Crippen LogP) is 3.05. The van der Waals surface area contributed by atoms with E-state index in [4.69, 9.17) is 4.42 Å². The molecule has 6 nitrogen and oxygen atoms in total. The Bertz CT molecular complexity index is 958. The fourth-order valence-corrected chi connectivity index (χ4v) is 2.33. The summed E-state index contributed by atoms with van der Waals surface area (Å²) in [5, 5.41) is 9.24. The first-order chi connectivity index (χ1) is 10.8. The Balaban J connectivity index is 1.86. The van der Waals surface area contributed by atoms with Crippen molar-refractivity contribution in [3.63, 3.8) is 0 Å². The van der Waals surface area contributed by atoms with Gasteiger partial charge in [0.1, 0.15) is 6.33 Å². The molecule has 6 heteroatoms. The minimum absolute atomic E-state index is 0.411. The van der Waals surface area contributed by atoms with Crippen LogP contribution in [-0.2, 0) is 0 Å². The molecule has 22 heavy (non-hydrogen) atoms. The third-order valence-corrected chi connectivity index (χ3v) is 3.44. The molecular formula is C16H11N5O. The Hall–Kier alpha value is -3.15. The van der Waals surface area contributed by atoms with Crippen LogP contribution in [0.5, 0.6) is 0 Å². The number of benzene rings is 1. The van der Waals surface area contributed by atoms with Gasteiger partial charge >= 0.3 is 0 Å². The van der Waals surface area contributed by atoms with Crippen LogP contribution in [0.1, 0.15) is 5.69 Å². The van der Waals surface area contributed by atoms with Crippen molar-refractivity contribution in [1.82, 2.24) is 25.1 Å². The molecule has 3 heterocycles. The van der Waals surface area contributed by atoms with Gasteiger partial charge in [0, 0.05) is 23.3 Å². The summed E-state index contributed by atoms with van der Waals surface area (Å²) >= 11 is 0. The Kier molecular flexibility index (Phi) is 2.86. The van der Waals surface area contributed by atoms with Crippen LogP contribution < -0.4 is 0 Å². The molecule has 4 aromatic rings. The molecule has 0 amide bonds. The number of aryl methyl sites for hydroxylation is 1. The Morgan fingerprint density at radius 2 is 1.77 bits per heavy atom. The molecule has 0 saturated heterocycles. The van der Waals surface area contributed by atoms with Crippen LogP contribution in [0.4, 0.5) is 0 Å². The summed E-state index contributed by atoms with van der Waals surface area (Å²) < 4.78 is 5.81. The van der Waals surface area contributed by atoms with E-state index in [9.17, 15) is 0 Å². The zero-order valence-electron chi connectivity index (χ0n) is 11.8. The van der Waals surface area contributed by atoms with Crippen LogP contribution in [0, 0.1) is 6.92 Å². The van der Waals surface area contributed by atoms with Crippen molar-refractivity contribution in [3.8, 4) is 22.9 Å². The van der Waals surface area contributed by atoms with Crippen LogP contribution in [-0.4, -0.2) is 25.1 Å². The van der Waals surface area contributed by atoms with Gasteiger partial charge in [-0.2, -0.15) is 0 Å². The molecule has 0 saturated carbocycles. The summed E-state index contributed by atoms with van der Waals surface area (Å²) in [7, 11) is 0. The number of aromatic nitrogens is 5. The zero-order valence-corrected chi connectivity index (χ0v) is 11.8. The average molecular weight is 289 g/mol. The lowest BCUT2D eigenvalue weighted by Crippen LogP contribution is -1.88. The largest absolute Gasteiger partial charge is 0.416 e. The third-order valence-electron chi connectivity index (χ3n) is 3.44. The fraction of sp³-hybridized carbons (Fsp3) is 0.0625. The molecule has 0 spiro atoms. The van der Waals surface area contributed by atoms with Crippen LogP contribution in [0.15, 0.2) is 53.5 Å². The highest BCUT2D eigenvalue weighted by atomic mass is 16.4. The molecule has 0 radical (unpaired) electrons. The monoisotopic (exact) mass is 289 g/mol. The summed E-state index contributed by atoms with van der Waals surface area (Å²) in [4.78, 5) is 12.5. The first-order valence-corrected chi connectivity index (χ1v) is 6.77. The Morgan fingerprint density at radius 1 is 0.909 bits per heavy atom. The minimum atomic E-state index is 0.411. The van der Waals surface area contributed by atoms with Crippen LogP contribution in [0.2, 0.25) is 0 Å². The molecule has 1 aromatic carbocycles. The lowest BCUT2D eigenvalue weighted by Gasteiger charge is -2.01. The van der Waals surface area contributed by atoms with Gasteiger partial charge in [-0.25, -0.2) is 9.97 Å². The second kappa shape index (κ2) is 5.00. The van der Waals surface area contributed by atoms with E-state index in [1.54, 1.807) is 12.4 Å². The first kappa shape index (κ1) is 12.6. The van der Waals surface area contributed by atoms with E-state index in [-0.39, 0.29) is 0 Å². The second-order valence-electron chi connectivity index (χ2n) is 4.81. The highest BCUT2D eigenvalue weighted by Crippen LogP contribution is 2.29. The standard InChI is InChI=1S/C16H11N5O/c1-10-13(8-17-9-19-10)16-21-20-15(22-16)12-4-2-6-14-11(12)5-3-7-18-14/h2-9H,1H3. The quantitative estimate of drug-likeness (QED) is 0.564. The first-order valence-electron chi connectivity index (χ1n) is 6.77. The van der Waals surface area contributed by atoms with Gasteiger partial charge in [-0.3, -0.25) is 4.98 Å². The number of hydrogen-bond donors (Lipinski definition) is 0. The van der Waals surface area contributed by atoms with Crippen molar-refractivity contribution in [2.24, 2.45) is 0 Å². The summed E-state index contributed by atoms with van der Waals surface area (Å²) in [5.74, 6) is 0.867. The van der Waals surface area contributed by atoms with Gasteiger partial charge < -0.3 is 4.42 Å². The van der Waals surface area contributed by atoms with Crippen molar-refractivity contribution in [2.75, 3.05) is 0 Å². The van der Waals surface area contributed by atoms with Crippen LogP contribution >= 0.6 is 0 Å². The maximum Gasteiger partial charge on any atom is 0.251 e. The number of fused-ring (bicyclic) bond motifs is 1. The summed E-state index contributed by atoms with van der Waals surface area (Å²) in [5.41, 5.74) is 3.28. The van der Waals surface area contributed by atoms with E-state index in [1.807, 2.05) is 37.3 Å². The molecule has 0 unspecified atom stereocenters. The fourth-order valence-electron chi connectivity index (χ4n) is 2.33. The smallest absolute Gasteiger partial charge is 0.251 e. The van der Waals surface area contributed by atoms with E-state index < -0.39 is 0 Å². The van der Waals surface area contributed by atoms with E-state index >= 15 is 0 Å². The van der Waals surface area contributed by atoms with Crippen LogP contribution in [0.3, 0.4) is 0 Å². The summed E-state index contributed by atoms with van der Waals surface area (Å²) in [6.45, 7) is 1.88. The van der Waals surface area contributed by atoms with Crippen molar-refractivity contribution in [1.29, 1.82) is 0 Å². The second-order valence-corrected chi connectivity index (χ2v) is 4.81. The molecule has 0 bridgehead atoms. The van der Waals surface area contributed by atoms with Gasteiger partial charge in [-0.15, -0.1) is 10.2 Å². The number of pyridine rings is 1. The lowest BCUT2D eigenvalue weighted by atomic mass is 10.1. The summed E-state index contributed by atoms with van der Waals surface area (Å²) in [6, 6.07) is 9.68. The van der Waals surface area contributed by atoms with Crippen molar-refractivity contribution in [3.05, 3.63) is 54.7 Å². The average Bonchev–Trinajstić information content (AvgIpc) is 3.04. The molecule has 0 atom stereocenters. The van der Waals surface area contributed by atoms with Gasteiger partial charge in [0.05, 0.1) is 16.8 Å². The highest BCUT2D eigenvalue weighted by Gasteiger charge is 2.15. The van der Waals surface area contributed by atoms with Crippen molar-refractivity contribution >= 4 is 10.9 Å². The van der Waals surface area contributed by atoms with Gasteiger partial charge in [-0.1, -0.05) is 12.1 Å². The molecule has 4 rings (SSSR count). The number of hydrogen-bond acceptors (Lipinski definition) is 6. The number of nitrogens with zero attached hydrogens (tertiary/aromatic N) is 5. The van der Waals surface area contributed by atoms with Gasteiger partial charge in [0.2, 0.25) is 5.89 Å². The van der Waals surface area contributed by atoms with E-state index in [1.165, 1.54) is 6.33 Å². The molecule has 0 fully saturated rings. The Morgan fingerprint density at radius 3 is 2.64 bits per heavy atom. The van der Waals surface area contributed by atoms with Crippen LogP contribution in [0.25, 0.3) is 33.8 Å². The molecule has 0 aliphatic rings. The minimum Gasteiger partial charge on any atom is -0.416 e. The van der Waals surface area contributed by atoms with E-state index in [0.717, 1.165) is 27.7 Å². The predicted molar refractivity (Wildman–Crippen MR) is 80.8 cm³/mol. The SMILES string of the molecule is Cc1ncncc1-c1nnc(-c2cccc3ncccc23)o1. The van der Waals surface area contributed by atoms with E-state index in [0.29, 0.717) is 11.8 Å². The summed E-state index contributed by atoms with van der Waals surface area (Å²) in [6.07, 6.45) is 4.92. The topological polar surface area (TPSA) is 77.6 Å². The molecular weight excluding hydrogens is 278 g/mol. The van der Waals surface area contributed by atoms with Gasteiger partial charge in [-0.05, 0) is 25.1 Å². The molecule has 3 aromatic heterocycles. The molecule has 0 aliphatic heterocycles. The van der Waals surface area contributed by atoms with Crippen molar-refractivity contribution < 1.29 is 4.42 Å². The van der Waals surface area contributed by atoms with E-state index in [2.05, 4.69) is 25.1 Å². The molecule has 0 aliphatic carbocycles. The van der Waals surface area contributed by atoms with Gasteiger partial charge in [0.25, 0.3) is 5.89 Å². The molecule has 106 valence electrons. The zero-order chi connectivity index (χ0) is 14.9.